The van der Waals surface area contributed by atoms with Crippen LogP contribution in [0.4, 0.5) is 10.5 Å². The number of hydrogen-bond donors (Lipinski definition) is 2. The average molecular weight is 314 g/mol. The number of urea groups is 1. The van der Waals surface area contributed by atoms with Crippen LogP contribution < -0.4 is 10.6 Å². The van der Waals surface area contributed by atoms with Crippen LogP contribution in [0.15, 0.2) is 30.6 Å². The van der Waals surface area contributed by atoms with E-state index in [4.69, 9.17) is 4.74 Å². The molecule has 0 aliphatic carbocycles. The number of aromatic nitrogens is 2. The van der Waals surface area contributed by atoms with Crippen molar-refractivity contribution in [2.24, 2.45) is 0 Å². The van der Waals surface area contributed by atoms with Crippen molar-refractivity contribution < 1.29 is 9.53 Å². The fourth-order valence-corrected chi connectivity index (χ4v) is 2.77. The van der Waals surface area contributed by atoms with Crippen LogP contribution in [-0.2, 0) is 4.74 Å². The van der Waals surface area contributed by atoms with E-state index in [9.17, 15) is 4.79 Å². The molecular weight excluding hydrogens is 292 g/mol. The van der Waals surface area contributed by atoms with Gasteiger partial charge in [0.1, 0.15) is 0 Å². The zero-order valence-electron chi connectivity index (χ0n) is 13.5. The highest BCUT2D eigenvalue weighted by Crippen LogP contribution is 2.17. The first-order valence-corrected chi connectivity index (χ1v) is 7.90. The Balaban J connectivity index is 1.59. The second-order valence-corrected chi connectivity index (χ2v) is 5.93. The van der Waals surface area contributed by atoms with Gasteiger partial charge >= 0.3 is 6.03 Å². The molecule has 1 atom stereocenters. The minimum atomic E-state index is -0.235. The number of aryl methyl sites for hydroxylation is 2. The van der Waals surface area contributed by atoms with E-state index in [-0.39, 0.29) is 12.1 Å². The normalized spacial score (nSPS) is 17.2. The van der Waals surface area contributed by atoms with Crippen molar-refractivity contribution in [3.8, 4) is 5.69 Å². The monoisotopic (exact) mass is 314 g/mol. The molecule has 1 aliphatic heterocycles. The predicted molar refractivity (Wildman–Crippen MR) is 89.0 cm³/mol. The van der Waals surface area contributed by atoms with E-state index in [0.717, 1.165) is 30.7 Å². The Hall–Kier alpha value is -2.34. The van der Waals surface area contributed by atoms with Gasteiger partial charge in [-0.15, -0.1) is 0 Å². The molecule has 6 nitrogen and oxygen atoms in total. The summed E-state index contributed by atoms with van der Waals surface area (Å²) in [5.74, 6) is 0. The smallest absolute Gasteiger partial charge is 0.319 e. The fourth-order valence-electron chi connectivity index (χ4n) is 2.77. The number of benzene rings is 1. The van der Waals surface area contributed by atoms with E-state index in [1.165, 1.54) is 5.56 Å². The Morgan fingerprint density at radius 2 is 2.30 bits per heavy atom. The van der Waals surface area contributed by atoms with Crippen molar-refractivity contribution in [1.82, 2.24) is 15.1 Å². The number of amides is 2. The summed E-state index contributed by atoms with van der Waals surface area (Å²) in [7, 11) is 0. The minimum absolute atomic E-state index is 0.138. The number of anilines is 1. The van der Waals surface area contributed by atoms with Gasteiger partial charge in [-0.05, 0) is 38.3 Å². The molecule has 1 aromatic heterocycles. The number of hydrogen-bond acceptors (Lipinski definition) is 3. The lowest BCUT2D eigenvalue weighted by Crippen LogP contribution is -2.34. The highest BCUT2D eigenvalue weighted by molar-refractivity contribution is 5.88. The molecule has 2 N–H and O–H groups in total. The fraction of sp³-hybridized carbons (Fsp3) is 0.412. The van der Waals surface area contributed by atoms with Crippen molar-refractivity contribution >= 4 is 11.7 Å². The van der Waals surface area contributed by atoms with Gasteiger partial charge in [0.05, 0.1) is 29.9 Å². The lowest BCUT2D eigenvalue weighted by molar-refractivity contribution is 0.112. The van der Waals surface area contributed by atoms with Crippen LogP contribution in [0.25, 0.3) is 5.69 Å². The Morgan fingerprint density at radius 1 is 1.43 bits per heavy atom. The summed E-state index contributed by atoms with van der Waals surface area (Å²) in [5, 5.41) is 9.94. The third kappa shape index (κ3) is 3.90. The molecule has 1 unspecified atom stereocenters. The Kier molecular flexibility index (Phi) is 4.62. The van der Waals surface area contributed by atoms with Crippen molar-refractivity contribution in [2.45, 2.75) is 32.8 Å². The van der Waals surface area contributed by atoms with Crippen LogP contribution >= 0.6 is 0 Å². The van der Waals surface area contributed by atoms with Crippen molar-refractivity contribution in [2.75, 3.05) is 18.5 Å². The van der Waals surface area contributed by atoms with Gasteiger partial charge < -0.3 is 15.4 Å². The van der Waals surface area contributed by atoms with E-state index < -0.39 is 0 Å². The van der Waals surface area contributed by atoms with E-state index >= 15 is 0 Å². The van der Waals surface area contributed by atoms with Crippen LogP contribution in [0, 0.1) is 13.8 Å². The second-order valence-electron chi connectivity index (χ2n) is 5.93. The summed E-state index contributed by atoms with van der Waals surface area (Å²) in [6.07, 6.45) is 5.66. The summed E-state index contributed by atoms with van der Waals surface area (Å²) < 4.78 is 7.25. The number of rotatable bonds is 4. The molecule has 23 heavy (non-hydrogen) atoms. The van der Waals surface area contributed by atoms with Crippen molar-refractivity contribution in [3.05, 3.63) is 41.7 Å². The molecular formula is C17H22N4O2. The summed E-state index contributed by atoms with van der Waals surface area (Å²) >= 11 is 0. The molecule has 122 valence electrons. The average Bonchev–Trinajstić information content (AvgIpc) is 3.17. The van der Waals surface area contributed by atoms with Crippen molar-refractivity contribution in [1.29, 1.82) is 0 Å². The third-order valence-electron chi connectivity index (χ3n) is 3.95. The van der Waals surface area contributed by atoms with E-state index in [0.29, 0.717) is 12.2 Å². The first-order valence-electron chi connectivity index (χ1n) is 7.90. The largest absolute Gasteiger partial charge is 0.376 e. The summed E-state index contributed by atoms with van der Waals surface area (Å²) in [6.45, 7) is 5.43. The lowest BCUT2D eigenvalue weighted by atomic mass is 10.1. The van der Waals surface area contributed by atoms with Gasteiger partial charge in [0.2, 0.25) is 0 Å². The number of nitrogens with one attached hydrogen (secondary N) is 2. The number of carbonyl (C=O) groups is 1. The van der Waals surface area contributed by atoms with Crippen LogP contribution in [0.2, 0.25) is 0 Å². The zero-order valence-corrected chi connectivity index (χ0v) is 13.5. The molecule has 3 rings (SSSR count). The van der Waals surface area contributed by atoms with Gasteiger partial charge in [-0.25, -0.2) is 9.48 Å². The van der Waals surface area contributed by atoms with Gasteiger partial charge in [-0.1, -0.05) is 17.7 Å². The predicted octanol–water partition coefficient (Wildman–Crippen LogP) is 2.79. The number of ether oxygens (including phenoxy) is 1. The highest BCUT2D eigenvalue weighted by atomic mass is 16.5. The molecule has 2 heterocycles. The zero-order chi connectivity index (χ0) is 16.2. The van der Waals surface area contributed by atoms with Crippen LogP contribution in [0.1, 0.15) is 24.0 Å². The molecule has 0 spiro atoms. The van der Waals surface area contributed by atoms with Gasteiger partial charge in [-0.2, -0.15) is 5.10 Å². The topological polar surface area (TPSA) is 68.2 Å². The number of carbonyl (C=O) groups excluding carboxylic acids is 1. The van der Waals surface area contributed by atoms with E-state index in [2.05, 4.69) is 28.7 Å². The molecule has 0 bridgehead atoms. The summed E-state index contributed by atoms with van der Waals surface area (Å²) in [6, 6.07) is 5.95. The van der Waals surface area contributed by atoms with Gasteiger partial charge in [0.15, 0.2) is 0 Å². The van der Waals surface area contributed by atoms with Crippen LogP contribution in [0.5, 0.6) is 0 Å². The lowest BCUT2D eigenvalue weighted by Gasteiger charge is -2.10. The van der Waals surface area contributed by atoms with Gasteiger partial charge in [0, 0.05) is 13.2 Å². The molecule has 2 aromatic rings. The molecule has 0 radical (unpaired) electrons. The molecule has 1 aliphatic rings. The van der Waals surface area contributed by atoms with Gasteiger partial charge in [0.25, 0.3) is 0 Å². The quantitative estimate of drug-likeness (QED) is 0.912. The minimum Gasteiger partial charge on any atom is -0.376 e. The maximum absolute atomic E-state index is 11.9. The van der Waals surface area contributed by atoms with Crippen LogP contribution in [-0.4, -0.2) is 35.1 Å². The third-order valence-corrected chi connectivity index (χ3v) is 3.95. The Bertz CT molecular complexity index is 690. The van der Waals surface area contributed by atoms with E-state index in [1.807, 2.05) is 25.3 Å². The van der Waals surface area contributed by atoms with Crippen LogP contribution in [0.3, 0.4) is 0 Å². The first kappa shape index (κ1) is 15.6. The Morgan fingerprint density at radius 3 is 3.04 bits per heavy atom. The van der Waals surface area contributed by atoms with E-state index in [1.54, 1.807) is 10.9 Å². The standard InChI is InChI=1S/C17H22N4O2/c1-12-5-6-16(13(2)8-12)21-11-14(9-19-21)20-17(22)18-10-15-4-3-7-23-15/h5-6,8-9,11,15H,3-4,7,10H2,1-2H3,(H2,18,20,22). The molecule has 1 saturated heterocycles. The second kappa shape index (κ2) is 6.83. The molecule has 1 fully saturated rings. The number of nitrogens with zero attached hydrogens (tertiary/aromatic N) is 2. The summed E-state index contributed by atoms with van der Waals surface area (Å²) in [5.41, 5.74) is 4.02. The maximum Gasteiger partial charge on any atom is 0.319 e. The summed E-state index contributed by atoms with van der Waals surface area (Å²) in [4.78, 5) is 11.9. The first-order chi connectivity index (χ1) is 11.1. The Labute approximate surface area is 135 Å². The molecule has 6 heteroatoms. The molecule has 1 aromatic carbocycles. The molecule has 0 saturated carbocycles. The maximum atomic E-state index is 11.9. The van der Waals surface area contributed by atoms with Gasteiger partial charge in [-0.3, -0.25) is 0 Å². The highest BCUT2D eigenvalue weighted by Gasteiger charge is 2.16. The van der Waals surface area contributed by atoms with Crippen molar-refractivity contribution in [3.63, 3.8) is 0 Å². The molecule has 2 amide bonds. The SMILES string of the molecule is Cc1ccc(-n2cc(NC(=O)NCC3CCCO3)cn2)c(C)c1.